The number of benzene rings is 2. The molecule has 0 atom stereocenters. The molecular formula is C21H26N4O2. The molecule has 1 aliphatic heterocycles. The largest absolute Gasteiger partial charge is 0.355 e. The molecule has 6 nitrogen and oxygen atoms in total. The van der Waals surface area contributed by atoms with Crippen molar-refractivity contribution in [3.8, 4) is 0 Å². The predicted molar refractivity (Wildman–Crippen MR) is 105 cm³/mol. The molecule has 27 heavy (non-hydrogen) atoms. The van der Waals surface area contributed by atoms with Gasteiger partial charge in [0.25, 0.3) is 5.91 Å². The molecule has 1 fully saturated rings. The third-order valence-corrected chi connectivity index (χ3v) is 4.80. The fourth-order valence-corrected chi connectivity index (χ4v) is 3.16. The number of nitrogens with zero attached hydrogens (tertiary/aromatic N) is 2. The maximum atomic E-state index is 12.4. The fourth-order valence-electron chi connectivity index (χ4n) is 3.16. The summed E-state index contributed by atoms with van der Waals surface area (Å²) in [6.07, 6.45) is 0. The molecule has 0 unspecified atom stereocenters. The van der Waals surface area contributed by atoms with Crippen LogP contribution < -0.4 is 10.6 Å². The van der Waals surface area contributed by atoms with Crippen molar-refractivity contribution in [1.82, 2.24) is 20.4 Å². The summed E-state index contributed by atoms with van der Waals surface area (Å²) in [4.78, 5) is 28.2. The van der Waals surface area contributed by atoms with Gasteiger partial charge >= 0.3 is 6.03 Å². The number of carbonyl (C=O) groups excluding carboxylic acids is 2. The van der Waals surface area contributed by atoms with Gasteiger partial charge in [0.2, 0.25) is 0 Å². The van der Waals surface area contributed by atoms with Crippen molar-refractivity contribution in [2.45, 2.75) is 13.1 Å². The number of carbonyl (C=O) groups is 2. The van der Waals surface area contributed by atoms with Crippen LogP contribution in [0.4, 0.5) is 4.79 Å². The van der Waals surface area contributed by atoms with Crippen LogP contribution in [0.1, 0.15) is 21.5 Å². The topological polar surface area (TPSA) is 64.7 Å². The second-order valence-corrected chi connectivity index (χ2v) is 6.68. The second-order valence-electron chi connectivity index (χ2n) is 6.68. The third-order valence-electron chi connectivity index (χ3n) is 4.80. The first kappa shape index (κ1) is 18.9. The lowest BCUT2D eigenvalue weighted by molar-refractivity contribution is 0.0963. The van der Waals surface area contributed by atoms with Crippen LogP contribution >= 0.6 is 0 Å². The van der Waals surface area contributed by atoms with Gasteiger partial charge in [0.05, 0.1) is 0 Å². The van der Waals surface area contributed by atoms with E-state index in [1.165, 1.54) is 5.56 Å². The average Bonchev–Trinajstić information content (AvgIpc) is 2.73. The summed E-state index contributed by atoms with van der Waals surface area (Å²) < 4.78 is 0. The number of nitrogens with one attached hydrogen (secondary N) is 2. The maximum Gasteiger partial charge on any atom is 0.317 e. The van der Waals surface area contributed by atoms with E-state index in [0.717, 1.165) is 38.3 Å². The van der Waals surface area contributed by atoms with Crippen LogP contribution in [-0.2, 0) is 13.1 Å². The van der Waals surface area contributed by atoms with Crippen LogP contribution in [-0.4, -0.2) is 55.0 Å². The van der Waals surface area contributed by atoms with E-state index < -0.39 is 0 Å². The zero-order chi connectivity index (χ0) is 19.1. The molecule has 0 spiro atoms. The van der Waals surface area contributed by atoms with E-state index in [2.05, 4.69) is 39.8 Å². The van der Waals surface area contributed by atoms with E-state index >= 15 is 0 Å². The highest BCUT2D eigenvalue weighted by Gasteiger charge is 2.20. The predicted octanol–water partition coefficient (Wildman–Crippen LogP) is 2.07. The molecule has 2 aromatic rings. The Hall–Kier alpha value is -2.86. The van der Waals surface area contributed by atoms with Crippen LogP contribution in [0.3, 0.4) is 0 Å². The van der Waals surface area contributed by atoms with Crippen LogP contribution in [0.25, 0.3) is 0 Å². The first-order chi connectivity index (χ1) is 13.2. The molecule has 0 aromatic heterocycles. The smallest absolute Gasteiger partial charge is 0.317 e. The highest BCUT2D eigenvalue weighted by atomic mass is 16.2. The highest BCUT2D eigenvalue weighted by Crippen LogP contribution is 2.09. The average molecular weight is 366 g/mol. The lowest BCUT2D eigenvalue weighted by Gasteiger charge is -2.34. The Morgan fingerprint density at radius 2 is 1.56 bits per heavy atom. The maximum absolute atomic E-state index is 12.4. The van der Waals surface area contributed by atoms with E-state index in [1.54, 1.807) is 19.2 Å². The van der Waals surface area contributed by atoms with Gasteiger partial charge in [-0.1, -0.05) is 42.5 Å². The Morgan fingerprint density at radius 3 is 2.19 bits per heavy atom. The van der Waals surface area contributed by atoms with Crippen LogP contribution in [0.2, 0.25) is 0 Å². The normalized spacial score (nSPS) is 14.6. The first-order valence-electron chi connectivity index (χ1n) is 9.26. The standard InChI is InChI=1S/C21H26N4O2/c1-22-20(26)19-9-7-17(8-10-19)15-23-21(27)25-13-11-24(12-14-25)16-18-5-3-2-4-6-18/h2-10H,11-16H2,1H3,(H,22,26)(H,23,27). The quantitative estimate of drug-likeness (QED) is 0.852. The number of urea groups is 1. The van der Waals surface area contributed by atoms with Crippen LogP contribution in [0, 0.1) is 0 Å². The summed E-state index contributed by atoms with van der Waals surface area (Å²) in [5, 5.41) is 5.56. The van der Waals surface area contributed by atoms with Gasteiger partial charge in [-0.3, -0.25) is 9.69 Å². The zero-order valence-electron chi connectivity index (χ0n) is 15.6. The monoisotopic (exact) mass is 366 g/mol. The van der Waals surface area contributed by atoms with Gasteiger partial charge in [0, 0.05) is 51.9 Å². The highest BCUT2D eigenvalue weighted by molar-refractivity contribution is 5.93. The van der Waals surface area contributed by atoms with Crippen molar-refractivity contribution in [3.05, 3.63) is 71.3 Å². The van der Waals surface area contributed by atoms with E-state index in [1.807, 2.05) is 23.1 Å². The van der Waals surface area contributed by atoms with Crippen molar-refractivity contribution in [3.63, 3.8) is 0 Å². The lowest BCUT2D eigenvalue weighted by Crippen LogP contribution is -2.51. The summed E-state index contributed by atoms with van der Waals surface area (Å²) in [6.45, 7) is 4.60. The van der Waals surface area contributed by atoms with E-state index in [-0.39, 0.29) is 11.9 Å². The fraction of sp³-hybridized carbons (Fsp3) is 0.333. The Balaban J connectivity index is 1.42. The minimum atomic E-state index is -0.112. The summed E-state index contributed by atoms with van der Waals surface area (Å²) >= 11 is 0. The van der Waals surface area contributed by atoms with Gasteiger partial charge in [-0.05, 0) is 23.3 Å². The van der Waals surface area contributed by atoms with Gasteiger partial charge in [-0.15, -0.1) is 0 Å². The molecule has 1 saturated heterocycles. The molecule has 0 radical (unpaired) electrons. The van der Waals surface area contributed by atoms with Gasteiger partial charge in [0.1, 0.15) is 0 Å². The Kier molecular flexibility index (Phi) is 6.44. The number of rotatable bonds is 5. The van der Waals surface area contributed by atoms with Crippen molar-refractivity contribution < 1.29 is 9.59 Å². The van der Waals surface area contributed by atoms with E-state index in [4.69, 9.17) is 0 Å². The molecule has 0 saturated carbocycles. The number of hydrogen-bond donors (Lipinski definition) is 2. The first-order valence-corrected chi connectivity index (χ1v) is 9.26. The van der Waals surface area contributed by atoms with Gasteiger partial charge in [0.15, 0.2) is 0 Å². The Morgan fingerprint density at radius 1 is 0.889 bits per heavy atom. The van der Waals surface area contributed by atoms with Gasteiger partial charge in [-0.2, -0.15) is 0 Å². The molecule has 1 heterocycles. The number of piperazine rings is 1. The molecule has 6 heteroatoms. The number of hydrogen-bond acceptors (Lipinski definition) is 3. The van der Waals surface area contributed by atoms with Gasteiger partial charge < -0.3 is 15.5 Å². The van der Waals surface area contributed by atoms with Crippen LogP contribution in [0.15, 0.2) is 54.6 Å². The summed E-state index contributed by atoms with van der Waals surface area (Å²) in [6, 6.07) is 17.6. The summed E-state index contributed by atoms with van der Waals surface area (Å²) in [5.74, 6) is -0.112. The minimum absolute atomic E-state index is 0.0373. The van der Waals surface area contributed by atoms with E-state index in [9.17, 15) is 9.59 Å². The molecule has 3 rings (SSSR count). The minimum Gasteiger partial charge on any atom is -0.355 e. The Labute approximate surface area is 160 Å². The van der Waals surface area contributed by atoms with Crippen molar-refractivity contribution >= 4 is 11.9 Å². The molecular weight excluding hydrogens is 340 g/mol. The second kappa shape index (κ2) is 9.19. The van der Waals surface area contributed by atoms with Crippen molar-refractivity contribution in [2.24, 2.45) is 0 Å². The molecule has 3 amide bonds. The van der Waals surface area contributed by atoms with Crippen LogP contribution in [0.5, 0.6) is 0 Å². The zero-order valence-corrected chi connectivity index (χ0v) is 15.6. The molecule has 1 aliphatic rings. The molecule has 2 aromatic carbocycles. The lowest BCUT2D eigenvalue weighted by atomic mass is 10.1. The van der Waals surface area contributed by atoms with Crippen molar-refractivity contribution in [2.75, 3.05) is 33.2 Å². The molecule has 0 aliphatic carbocycles. The SMILES string of the molecule is CNC(=O)c1ccc(CNC(=O)N2CCN(Cc3ccccc3)CC2)cc1. The van der Waals surface area contributed by atoms with E-state index in [0.29, 0.717) is 12.1 Å². The number of amides is 3. The Bertz CT molecular complexity index is 754. The molecule has 0 bridgehead atoms. The van der Waals surface area contributed by atoms with Crippen molar-refractivity contribution in [1.29, 1.82) is 0 Å². The summed E-state index contributed by atoms with van der Waals surface area (Å²) in [7, 11) is 1.61. The summed E-state index contributed by atoms with van der Waals surface area (Å²) in [5.41, 5.74) is 2.89. The molecule has 142 valence electrons. The third kappa shape index (κ3) is 5.31. The molecule has 2 N–H and O–H groups in total. The van der Waals surface area contributed by atoms with Gasteiger partial charge in [-0.25, -0.2) is 4.79 Å².